The molecule has 4 N–H and O–H groups in total. The number of nitrogens with one attached hydrogen (secondary N) is 1. The normalized spacial score (nSPS) is 10.6. The van der Waals surface area contributed by atoms with E-state index in [1.165, 1.54) is 17.0 Å². The largest absolute Gasteiger partial charge is 0.480 e. The maximum absolute atomic E-state index is 10.9. The van der Waals surface area contributed by atoms with Crippen molar-refractivity contribution >= 4 is 17.9 Å². The number of aromatic nitrogens is 1. The van der Waals surface area contributed by atoms with Gasteiger partial charge in [-0.15, -0.1) is 0 Å². The second kappa shape index (κ2) is 8.70. The zero-order valence-corrected chi connectivity index (χ0v) is 11.7. The molecule has 0 saturated carbocycles. The maximum Gasteiger partial charge on any atom is 0.354 e. The van der Waals surface area contributed by atoms with Crippen molar-refractivity contribution in [3.8, 4) is 0 Å². The molecule has 0 spiro atoms. The highest BCUT2D eigenvalue weighted by molar-refractivity contribution is 5.85. The Labute approximate surface area is 126 Å². The molecule has 0 bridgehead atoms. The molecule has 0 fully saturated rings. The molecule has 0 aromatic carbocycles. The van der Waals surface area contributed by atoms with Gasteiger partial charge in [0.2, 0.25) is 0 Å². The molecular weight excluding hydrogens is 294 g/mol. The Hall–Kier alpha value is -2.52. The Morgan fingerprint density at radius 2 is 1.86 bits per heavy atom. The number of carboxylic acids is 3. The van der Waals surface area contributed by atoms with E-state index in [2.05, 4.69) is 10.3 Å². The fraction of sp³-hybridized carbons (Fsp3) is 0.385. The van der Waals surface area contributed by atoms with Crippen LogP contribution in [0.5, 0.6) is 0 Å². The third kappa shape index (κ3) is 6.77. The Balaban J connectivity index is 2.63. The van der Waals surface area contributed by atoms with Gasteiger partial charge >= 0.3 is 17.9 Å². The van der Waals surface area contributed by atoms with Crippen molar-refractivity contribution in [3.05, 3.63) is 29.6 Å². The minimum absolute atomic E-state index is 0.114. The van der Waals surface area contributed by atoms with Crippen LogP contribution in [0.2, 0.25) is 0 Å². The fourth-order valence-corrected chi connectivity index (χ4v) is 1.75. The van der Waals surface area contributed by atoms with Gasteiger partial charge in [0, 0.05) is 19.6 Å². The van der Waals surface area contributed by atoms with Crippen LogP contribution in [-0.2, 0) is 16.1 Å². The molecule has 0 radical (unpaired) electrons. The molecule has 1 rings (SSSR count). The lowest BCUT2D eigenvalue weighted by Crippen LogP contribution is -2.37. The second-order valence-electron chi connectivity index (χ2n) is 4.49. The Bertz CT molecular complexity index is 548. The summed E-state index contributed by atoms with van der Waals surface area (Å²) in [5.41, 5.74) is 0.316. The number of pyridine rings is 1. The average molecular weight is 311 g/mol. The summed E-state index contributed by atoms with van der Waals surface area (Å²) in [5, 5.41) is 28.9. The monoisotopic (exact) mass is 311 g/mol. The highest BCUT2D eigenvalue weighted by Gasteiger charge is 2.12. The van der Waals surface area contributed by atoms with Crippen molar-refractivity contribution in [2.45, 2.75) is 6.54 Å². The molecule has 1 heterocycles. The zero-order valence-electron chi connectivity index (χ0n) is 11.7. The van der Waals surface area contributed by atoms with Crippen LogP contribution in [0.4, 0.5) is 0 Å². The van der Waals surface area contributed by atoms with Gasteiger partial charge in [-0.3, -0.25) is 14.5 Å². The van der Waals surface area contributed by atoms with E-state index in [4.69, 9.17) is 15.3 Å². The van der Waals surface area contributed by atoms with Crippen molar-refractivity contribution in [1.82, 2.24) is 15.2 Å². The van der Waals surface area contributed by atoms with Crippen LogP contribution in [0.3, 0.4) is 0 Å². The summed E-state index contributed by atoms with van der Waals surface area (Å²) in [5.74, 6) is -3.19. The number of carbonyl (C=O) groups is 3. The molecule has 1 aromatic rings. The van der Waals surface area contributed by atoms with Gasteiger partial charge in [-0.05, 0) is 12.1 Å². The van der Waals surface area contributed by atoms with Crippen molar-refractivity contribution < 1.29 is 29.7 Å². The van der Waals surface area contributed by atoms with E-state index in [1.54, 1.807) is 6.07 Å². The topological polar surface area (TPSA) is 140 Å². The lowest BCUT2D eigenvalue weighted by Gasteiger charge is -2.20. The van der Waals surface area contributed by atoms with E-state index in [0.717, 1.165) is 0 Å². The predicted molar refractivity (Wildman–Crippen MR) is 74.6 cm³/mol. The average Bonchev–Trinajstić information content (AvgIpc) is 2.43. The van der Waals surface area contributed by atoms with Crippen LogP contribution in [0.25, 0.3) is 0 Å². The zero-order chi connectivity index (χ0) is 16.5. The van der Waals surface area contributed by atoms with Crippen molar-refractivity contribution in [3.63, 3.8) is 0 Å². The Morgan fingerprint density at radius 1 is 1.14 bits per heavy atom. The van der Waals surface area contributed by atoms with E-state index in [9.17, 15) is 14.4 Å². The number of hydrogen-bond donors (Lipinski definition) is 4. The van der Waals surface area contributed by atoms with E-state index >= 15 is 0 Å². The molecule has 9 heteroatoms. The number of hydrogen-bond acceptors (Lipinski definition) is 6. The van der Waals surface area contributed by atoms with Crippen molar-refractivity contribution in [2.75, 3.05) is 26.2 Å². The molecule has 22 heavy (non-hydrogen) atoms. The smallest absolute Gasteiger partial charge is 0.354 e. The molecule has 120 valence electrons. The standard InChI is InChI=1S/C13H17N3O6/c17-11(18)6-14-4-5-16(8-12(19)20)7-9-2-1-3-10(15-9)13(21)22/h1-3,14H,4-8H2,(H,17,18)(H,19,20)(H,21,22). The summed E-state index contributed by atoms with van der Waals surface area (Å²) in [6.07, 6.45) is 0. The minimum atomic E-state index is -1.16. The van der Waals surface area contributed by atoms with Gasteiger partial charge in [0.05, 0.1) is 18.8 Å². The van der Waals surface area contributed by atoms with Gasteiger partial charge in [-0.25, -0.2) is 9.78 Å². The number of aliphatic carboxylic acids is 2. The van der Waals surface area contributed by atoms with Crippen LogP contribution in [-0.4, -0.2) is 69.3 Å². The first-order chi connectivity index (χ1) is 10.4. The number of aromatic carboxylic acids is 1. The highest BCUT2D eigenvalue weighted by atomic mass is 16.4. The predicted octanol–water partition coefficient (Wildman–Crippen LogP) is -0.659. The van der Waals surface area contributed by atoms with Crippen molar-refractivity contribution in [2.24, 2.45) is 0 Å². The van der Waals surface area contributed by atoms with E-state index in [0.29, 0.717) is 12.2 Å². The van der Waals surface area contributed by atoms with Crippen LogP contribution >= 0.6 is 0 Å². The van der Waals surface area contributed by atoms with Gasteiger partial charge < -0.3 is 20.6 Å². The van der Waals surface area contributed by atoms with Gasteiger partial charge in [0.1, 0.15) is 5.69 Å². The molecule has 0 saturated heterocycles. The second-order valence-corrected chi connectivity index (χ2v) is 4.49. The van der Waals surface area contributed by atoms with E-state index < -0.39 is 17.9 Å². The SMILES string of the molecule is O=C(O)CNCCN(CC(=O)O)Cc1cccc(C(=O)O)n1. The number of rotatable bonds is 10. The third-order valence-corrected chi connectivity index (χ3v) is 2.65. The van der Waals surface area contributed by atoms with E-state index in [1.807, 2.05) is 0 Å². The number of nitrogens with zero attached hydrogens (tertiary/aromatic N) is 2. The van der Waals surface area contributed by atoms with Gasteiger partial charge in [0.25, 0.3) is 0 Å². The highest BCUT2D eigenvalue weighted by Crippen LogP contribution is 2.04. The van der Waals surface area contributed by atoms with Crippen LogP contribution in [0, 0.1) is 0 Å². The molecule has 0 aliphatic rings. The number of carboxylic acid groups (broad SMARTS) is 3. The molecule has 0 aliphatic heterocycles. The Kier molecular flexibility index (Phi) is 6.93. The summed E-state index contributed by atoms with van der Waals surface area (Å²) in [4.78, 5) is 37.5. The first kappa shape index (κ1) is 17.5. The van der Waals surface area contributed by atoms with Crippen LogP contribution in [0.1, 0.15) is 16.2 Å². The van der Waals surface area contributed by atoms with Crippen LogP contribution < -0.4 is 5.32 Å². The lowest BCUT2D eigenvalue weighted by atomic mass is 10.2. The first-order valence-electron chi connectivity index (χ1n) is 6.44. The summed E-state index contributed by atoms with van der Waals surface area (Å²) in [6, 6.07) is 4.49. The van der Waals surface area contributed by atoms with Gasteiger partial charge in [-0.2, -0.15) is 0 Å². The van der Waals surface area contributed by atoms with E-state index in [-0.39, 0.29) is 31.9 Å². The van der Waals surface area contributed by atoms with Gasteiger partial charge in [-0.1, -0.05) is 6.07 Å². The minimum Gasteiger partial charge on any atom is -0.480 e. The fourth-order valence-electron chi connectivity index (χ4n) is 1.75. The molecule has 9 nitrogen and oxygen atoms in total. The molecule has 1 aromatic heterocycles. The summed E-state index contributed by atoms with van der Waals surface area (Å²) in [6.45, 7) is 0.264. The molecule has 0 amide bonds. The molecule has 0 atom stereocenters. The maximum atomic E-state index is 10.9. The quantitative estimate of drug-likeness (QED) is 0.414. The third-order valence-electron chi connectivity index (χ3n) is 2.65. The Morgan fingerprint density at radius 3 is 2.45 bits per heavy atom. The van der Waals surface area contributed by atoms with Crippen molar-refractivity contribution in [1.29, 1.82) is 0 Å². The molecule has 0 unspecified atom stereocenters. The summed E-state index contributed by atoms with van der Waals surface area (Å²) in [7, 11) is 0. The van der Waals surface area contributed by atoms with Crippen LogP contribution in [0.15, 0.2) is 18.2 Å². The summed E-state index contributed by atoms with van der Waals surface area (Å²) >= 11 is 0. The molecule has 0 aliphatic carbocycles. The lowest BCUT2D eigenvalue weighted by molar-refractivity contribution is -0.139. The van der Waals surface area contributed by atoms with Gasteiger partial charge in [0.15, 0.2) is 0 Å². The summed E-state index contributed by atoms with van der Waals surface area (Å²) < 4.78 is 0. The molecular formula is C13H17N3O6. The first-order valence-corrected chi connectivity index (χ1v) is 6.44.